The molecule has 7 nitrogen and oxygen atoms in total. The van der Waals surface area contributed by atoms with E-state index in [-0.39, 0.29) is 6.61 Å². The molecule has 0 unspecified atom stereocenters. The van der Waals surface area contributed by atoms with E-state index in [0.29, 0.717) is 16.7 Å². The molecule has 0 aliphatic rings. The fourth-order valence-corrected chi connectivity index (χ4v) is 3.74. The summed E-state index contributed by atoms with van der Waals surface area (Å²) in [5, 5.41) is 24.9. The molecule has 0 amide bonds. The van der Waals surface area contributed by atoms with Crippen LogP contribution in [-0.4, -0.2) is 50.9 Å². The van der Waals surface area contributed by atoms with Crippen molar-refractivity contribution in [2.45, 2.75) is 11.3 Å². The fraction of sp³-hybridized carbons (Fsp3) is 0.190. The Hall–Kier alpha value is -3.10. The van der Waals surface area contributed by atoms with Crippen LogP contribution in [0.2, 0.25) is 0 Å². The molecule has 0 radical (unpaired) electrons. The number of para-hydroxylation sites is 2. The van der Waals surface area contributed by atoms with Gasteiger partial charge in [-0.05, 0) is 34.0 Å². The van der Waals surface area contributed by atoms with Crippen molar-refractivity contribution in [2.75, 3.05) is 19.5 Å². The second-order valence-electron chi connectivity index (χ2n) is 6.30. The van der Waals surface area contributed by atoms with Gasteiger partial charge in [0.05, 0.1) is 13.2 Å². The predicted octanol–water partition coefficient (Wildman–Crippen LogP) is 3.36. The van der Waals surface area contributed by atoms with Crippen molar-refractivity contribution in [3.05, 3.63) is 66.7 Å². The number of hydrogen-bond donors (Lipinski definition) is 1. The second kappa shape index (κ2) is 8.93. The van der Waals surface area contributed by atoms with Crippen molar-refractivity contribution in [1.29, 1.82) is 0 Å². The molecule has 0 spiro atoms. The summed E-state index contributed by atoms with van der Waals surface area (Å²) < 4.78 is 12.8. The zero-order valence-corrected chi connectivity index (χ0v) is 16.6. The van der Waals surface area contributed by atoms with Crippen LogP contribution in [0.15, 0.2) is 71.9 Å². The molecule has 1 heterocycles. The van der Waals surface area contributed by atoms with Gasteiger partial charge in [0.25, 0.3) is 0 Å². The van der Waals surface area contributed by atoms with Gasteiger partial charge >= 0.3 is 0 Å². The number of aliphatic hydroxyl groups is 1. The van der Waals surface area contributed by atoms with Gasteiger partial charge in [-0.3, -0.25) is 0 Å². The minimum absolute atomic E-state index is 0.178. The summed E-state index contributed by atoms with van der Waals surface area (Å²) in [6.07, 6.45) is -0.679. The summed E-state index contributed by atoms with van der Waals surface area (Å²) >= 11 is 1.36. The summed E-state index contributed by atoms with van der Waals surface area (Å²) in [6, 6.07) is 21.4. The van der Waals surface area contributed by atoms with Crippen LogP contribution in [0, 0.1) is 0 Å². The molecule has 1 atom stereocenters. The molecule has 29 heavy (non-hydrogen) atoms. The average Bonchev–Trinajstić information content (AvgIpc) is 3.24. The number of methoxy groups -OCH3 is 1. The second-order valence-corrected chi connectivity index (χ2v) is 7.29. The molecule has 0 fully saturated rings. The smallest absolute Gasteiger partial charge is 0.214 e. The van der Waals surface area contributed by atoms with Crippen molar-refractivity contribution in [3.8, 4) is 17.2 Å². The molecular weight excluding hydrogens is 388 g/mol. The Labute approximate surface area is 172 Å². The standard InChI is InChI=1S/C21H20N4O3S/c1-27-20-11-5-4-10-18(20)25-21(22-23-24-25)29-14-16(26)13-28-19-12-6-8-15-7-2-3-9-17(15)19/h2-12,16,26H,13-14H2,1H3/t16-/m1/s1. The van der Waals surface area contributed by atoms with Crippen molar-refractivity contribution in [2.24, 2.45) is 0 Å². The summed E-state index contributed by atoms with van der Waals surface area (Å²) in [6.45, 7) is 0.178. The Bertz CT molecular complexity index is 1100. The Morgan fingerprint density at radius 3 is 2.66 bits per heavy atom. The third kappa shape index (κ3) is 4.33. The first kappa shape index (κ1) is 19.2. The van der Waals surface area contributed by atoms with Gasteiger partial charge in [0.15, 0.2) is 0 Å². The number of ether oxygens (including phenoxy) is 2. The Morgan fingerprint density at radius 2 is 1.76 bits per heavy atom. The molecule has 0 bridgehead atoms. The number of aliphatic hydroxyl groups excluding tert-OH is 1. The van der Waals surface area contributed by atoms with E-state index in [1.807, 2.05) is 66.7 Å². The molecule has 4 rings (SSSR count). The lowest BCUT2D eigenvalue weighted by molar-refractivity contribution is 0.127. The number of aromatic nitrogens is 4. The van der Waals surface area contributed by atoms with Crippen LogP contribution in [0.3, 0.4) is 0 Å². The first-order valence-electron chi connectivity index (χ1n) is 9.09. The molecule has 4 aromatic rings. The Balaban J connectivity index is 1.39. The van der Waals surface area contributed by atoms with Crippen LogP contribution in [-0.2, 0) is 0 Å². The number of hydrogen-bond acceptors (Lipinski definition) is 7. The van der Waals surface area contributed by atoms with Crippen LogP contribution in [0.25, 0.3) is 16.5 Å². The number of thioether (sulfide) groups is 1. The van der Waals surface area contributed by atoms with E-state index in [1.54, 1.807) is 11.8 Å². The highest BCUT2D eigenvalue weighted by Crippen LogP contribution is 2.27. The van der Waals surface area contributed by atoms with Gasteiger partial charge in [0.1, 0.15) is 23.8 Å². The van der Waals surface area contributed by atoms with Gasteiger partial charge in [0.2, 0.25) is 5.16 Å². The van der Waals surface area contributed by atoms with Crippen LogP contribution in [0.4, 0.5) is 0 Å². The van der Waals surface area contributed by atoms with E-state index in [9.17, 15) is 5.11 Å². The maximum absolute atomic E-state index is 10.4. The largest absolute Gasteiger partial charge is 0.494 e. The Kier molecular flexibility index (Phi) is 5.92. The normalized spacial score (nSPS) is 12.1. The van der Waals surface area contributed by atoms with Crippen molar-refractivity contribution < 1.29 is 14.6 Å². The zero-order chi connectivity index (χ0) is 20.1. The molecule has 8 heteroatoms. The summed E-state index contributed by atoms with van der Waals surface area (Å²) in [5.74, 6) is 1.81. The van der Waals surface area contributed by atoms with E-state index < -0.39 is 6.10 Å². The highest BCUT2D eigenvalue weighted by Gasteiger charge is 2.15. The lowest BCUT2D eigenvalue weighted by Gasteiger charge is -2.14. The van der Waals surface area contributed by atoms with E-state index in [1.165, 1.54) is 11.8 Å². The minimum Gasteiger partial charge on any atom is -0.494 e. The lowest BCUT2D eigenvalue weighted by atomic mass is 10.1. The van der Waals surface area contributed by atoms with Crippen LogP contribution >= 0.6 is 11.8 Å². The quantitative estimate of drug-likeness (QED) is 0.448. The predicted molar refractivity (Wildman–Crippen MR) is 112 cm³/mol. The molecule has 3 aromatic carbocycles. The summed E-state index contributed by atoms with van der Waals surface area (Å²) in [7, 11) is 1.60. The molecule has 1 N–H and O–H groups in total. The van der Waals surface area contributed by atoms with Gasteiger partial charge < -0.3 is 14.6 Å². The Morgan fingerprint density at radius 1 is 1.00 bits per heavy atom. The van der Waals surface area contributed by atoms with Gasteiger partial charge in [-0.2, -0.15) is 4.68 Å². The minimum atomic E-state index is -0.679. The number of nitrogens with zero attached hydrogens (tertiary/aromatic N) is 4. The molecule has 0 aliphatic carbocycles. The number of benzene rings is 3. The molecule has 1 aromatic heterocycles. The number of rotatable bonds is 8. The number of tetrazole rings is 1. The summed E-state index contributed by atoms with van der Waals surface area (Å²) in [4.78, 5) is 0. The third-order valence-corrected chi connectivity index (χ3v) is 5.40. The maximum atomic E-state index is 10.4. The molecule has 148 valence electrons. The highest BCUT2D eigenvalue weighted by molar-refractivity contribution is 7.99. The molecule has 0 saturated heterocycles. The SMILES string of the molecule is COc1ccccc1-n1nnnc1SC[C@H](O)COc1cccc2ccccc12. The highest BCUT2D eigenvalue weighted by atomic mass is 32.2. The van der Waals surface area contributed by atoms with Crippen LogP contribution in [0.5, 0.6) is 11.5 Å². The molecule has 0 saturated carbocycles. The van der Waals surface area contributed by atoms with Gasteiger partial charge in [-0.15, -0.1) is 5.10 Å². The average molecular weight is 408 g/mol. The van der Waals surface area contributed by atoms with Crippen LogP contribution < -0.4 is 9.47 Å². The van der Waals surface area contributed by atoms with Crippen molar-refractivity contribution >= 4 is 22.5 Å². The van der Waals surface area contributed by atoms with E-state index >= 15 is 0 Å². The maximum Gasteiger partial charge on any atom is 0.214 e. The first-order chi connectivity index (χ1) is 14.3. The van der Waals surface area contributed by atoms with E-state index in [2.05, 4.69) is 15.5 Å². The first-order valence-corrected chi connectivity index (χ1v) is 10.1. The third-order valence-electron chi connectivity index (χ3n) is 4.34. The fourth-order valence-electron chi connectivity index (χ4n) is 2.95. The van der Waals surface area contributed by atoms with Gasteiger partial charge in [0, 0.05) is 11.1 Å². The van der Waals surface area contributed by atoms with Crippen molar-refractivity contribution in [1.82, 2.24) is 20.2 Å². The van der Waals surface area contributed by atoms with Gasteiger partial charge in [-0.1, -0.05) is 60.3 Å². The number of fused-ring (bicyclic) bond motifs is 1. The van der Waals surface area contributed by atoms with E-state index in [0.717, 1.165) is 22.2 Å². The van der Waals surface area contributed by atoms with Crippen molar-refractivity contribution in [3.63, 3.8) is 0 Å². The summed E-state index contributed by atoms with van der Waals surface area (Å²) in [5.41, 5.74) is 0.740. The molecule has 0 aliphatic heterocycles. The monoisotopic (exact) mass is 408 g/mol. The lowest BCUT2D eigenvalue weighted by Crippen LogP contribution is -2.20. The van der Waals surface area contributed by atoms with E-state index in [4.69, 9.17) is 9.47 Å². The van der Waals surface area contributed by atoms with Crippen LogP contribution in [0.1, 0.15) is 0 Å². The topological polar surface area (TPSA) is 82.3 Å². The zero-order valence-electron chi connectivity index (χ0n) is 15.8. The molecular formula is C21H20N4O3S. The van der Waals surface area contributed by atoms with Gasteiger partial charge in [-0.25, -0.2) is 0 Å².